The standard InChI is InChI=1S/C21H25ClN2O.2ClH/c22-19-6-7-21(25-15-16-4-2-1-3-5-16)18(12-19)13-23-20-14-24-10-8-17(20)9-11-24;;/h1-7,12,17,20,23H,8-11,13-15H2;2*1H. The number of rotatable bonds is 6. The third-order valence-electron chi connectivity index (χ3n) is 5.47. The zero-order valence-electron chi connectivity index (χ0n) is 15.3. The highest BCUT2D eigenvalue weighted by Gasteiger charge is 2.33. The van der Waals surface area contributed by atoms with Crippen LogP contribution in [0.3, 0.4) is 0 Å². The summed E-state index contributed by atoms with van der Waals surface area (Å²) in [5.41, 5.74) is 2.31. The second kappa shape index (κ2) is 10.5. The molecule has 27 heavy (non-hydrogen) atoms. The van der Waals surface area contributed by atoms with Crippen LogP contribution in [-0.2, 0) is 13.2 Å². The van der Waals surface area contributed by atoms with Crippen molar-refractivity contribution in [3.05, 3.63) is 64.7 Å². The summed E-state index contributed by atoms with van der Waals surface area (Å²) in [4.78, 5) is 2.57. The van der Waals surface area contributed by atoms with Crippen molar-refractivity contribution in [2.75, 3.05) is 19.6 Å². The van der Waals surface area contributed by atoms with Gasteiger partial charge in [-0.2, -0.15) is 0 Å². The molecule has 3 saturated heterocycles. The van der Waals surface area contributed by atoms with Gasteiger partial charge in [-0.1, -0.05) is 41.9 Å². The van der Waals surface area contributed by atoms with Crippen molar-refractivity contribution >= 4 is 36.4 Å². The number of fused-ring (bicyclic) bond motifs is 3. The van der Waals surface area contributed by atoms with Crippen molar-refractivity contribution in [1.29, 1.82) is 0 Å². The second-order valence-corrected chi connectivity index (χ2v) is 7.59. The van der Waals surface area contributed by atoms with E-state index in [-0.39, 0.29) is 24.8 Å². The zero-order chi connectivity index (χ0) is 17.1. The van der Waals surface area contributed by atoms with Crippen LogP contribution in [0.5, 0.6) is 5.75 Å². The molecule has 0 aromatic heterocycles. The third kappa shape index (κ3) is 5.75. The summed E-state index contributed by atoms with van der Waals surface area (Å²) < 4.78 is 6.07. The smallest absolute Gasteiger partial charge is 0.124 e. The largest absolute Gasteiger partial charge is 0.489 e. The number of hydrogen-bond acceptors (Lipinski definition) is 3. The molecular weight excluding hydrogens is 403 g/mol. The fraction of sp³-hybridized carbons (Fsp3) is 0.429. The van der Waals surface area contributed by atoms with E-state index in [9.17, 15) is 0 Å². The molecule has 3 nitrogen and oxygen atoms in total. The summed E-state index contributed by atoms with van der Waals surface area (Å²) in [6.07, 6.45) is 2.65. The molecule has 0 radical (unpaired) electrons. The first-order valence-corrected chi connectivity index (χ1v) is 9.56. The van der Waals surface area contributed by atoms with Gasteiger partial charge in [0.05, 0.1) is 0 Å². The number of halogens is 3. The van der Waals surface area contributed by atoms with E-state index in [1.807, 2.05) is 36.4 Å². The summed E-state index contributed by atoms with van der Waals surface area (Å²) in [6, 6.07) is 16.8. The van der Waals surface area contributed by atoms with Crippen molar-refractivity contribution in [2.45, 2.75) is 32.0 Å². The van der Waals surface area contributed by atoms with Crippen molar-refractivity contribution in [1.82, 2.24) is 10.2 Å². The quantitative estimate of drug-likeness (QED) is 0.703. The molecule has 0 saturated carbocycles. The predicted molar refractivity (Wildman–Crippen MR) is 117 cm³/mol. The van der Waals surface area contributed by atoms with Gasteiger partial charge in [0.1, 0.15) is 12.4 Å². The molecule has 148 valence electrons. The Morgan fingerprint density at radius 2 is 1.78 bits per heavy atom. The molecule has 1 N–H and O–H groups in total. The molecule has 3 aliphatic heterocycles. The average Bonchev–Trinajstić information content (AvgIpc) is 2.67. The number of hydrogen-bond donors (Lipinski definition) is 1. The lowest BCUT2D eigenvalue weighted by atomic mass is 9.84. The van der Waals surface area contributed by atoms with Crippen LogP contribution in [0.2, 0.25) is 5.02 Å². The second-order valence-electron chi connectivity index (χ2n) is 7.15. The van der Waals surface area contributed by atoms with Gasteiger partial charge in [-0.05, 0) is 55.6 Å². The third-order valence-corrected chi connectivity index (χ3v) is 5.71. The molecule has 0 spiro atoms. The van der Waals surface area contributed by atoms with E-state index >= 15 is 0 Å². The van der Waals surface area contributed by atoms with Gasteiger partial charge in [0.15, 0.2) is 0 Å². The lowest BCUT2D eigenvalue weighted by Gasteiger charge is -2.45. The minimum Gasteiger partial charge on any atom is -0.489 e. The number of ether oxygens (including phenoxy) is 1. The Bertz CT molecular complexity index is 706. The van der Waals surface area contributed by atoms with Crippen LogP contribution in [-0.4, -0.2) is 30.6 Å². The number of nitrogens with zero attached hydrogens (tertiary/aromatic N) is 1. The van der Waals surface area contributed by atoms with Crippen LogP contribution >= 0.6 is 36.4 Å². The van der Waals surface area contributed by atoms with E-state index < -0.39 is 0 Å². The molecule has 2 aromatic carbocycles. The van der Waals surface area contributed by atoms with Gasteiger partial charge in [0.2, 0.25) is 0 Å². The molecule has 6 heteroatoms. The molecule has 3 heterocycles. The topological polar surface area (TPSA) is 24.5 Å². The van der Waals surface area contributed by atoms with Gasteiger partial charge in [0, 0.05) is 29.7 Å². The van der Waals surface area contributed by atoms with Gasteiger partial charge in [-0.25, -0.2) is 0 Å². The van der Waals surface area contributed by atoms with Gasteiger partial charge < -0.3 is 15.0 Å². The van der Waals surface area contributed by atoms with Crippen LogP contribution in [0.1, 0.15) is 24.0 Å². The predicted octanol–water partition coefficient (Wildman–Crippen LogP) is 4.95. The Balaban J connectivity index is 0.00000131. The molecule has 3 aliphatic rings. The Morgan fingerprint density at radius 1 is 1.04 bits per heavy atom. The van der Waals surface area contributed by atoms with Crippen molar-refractivity contribution in [3.63, 3.8) is 0 Å². The first-order chi connectivity index (χ1) is 12.3. The molecule has 2 aromatic rings. The van der Waals surface area contributed by atoms with E-state index in [0.717, 1.165) is 28.8 Å². The molecule has 1 atom stereocenters. The number of piperidine rings is 3. The van der Waals surface area contributed by atoms with Crippen molar-refractivity contribution in [3.8, 4) is 5.75 Å². The highest BCUT2D eigenvalue weighted by atomic mass is 35.5. The van der Waals surface area contributed by atoms with Crippen LogP contribution in [0.25, 0.3) is 0 Å². The molecular formula is C21H27Cl3N2O. The maximum Gasteiger partial charge on any atom is 0.124 e. The average molecular weight is 430 g/mol. The van der Waals surface area contributed by atoms with Gasteiger partial charge in [-0.15, -0.1) is 24.8 Å². The highest BCUT2D eigenvalue weighted by molar-refractivity contribution is 6.30. The van der Waals surface area contributed by atoms with E-state index in [1.54, 1.807) is 0 Å². The first kappa shape index (κ1) is 22.3. The SMILES string of the molecule is Cl.Cl.Clc1ccc(OCc2ccccc2)c(CNC2CN3CCC2CC3)c1. The lowest BCUT2D eigenvalue weighted by Crippen LogP contribution is -2.55. The van der Waals surface area contributed by atoms with Crippen LogP contribution in [0.4, 0.5) is 0 Å². The van der Waals surface area contributed by atoms with E-state index in [2.05, 4.69) is 22.3 Å². The highest BCUT2D eigenvalue weighted by Crippen LogP contribution is 2.29. The Morgan fingerprint density at radius 3 is 2.44 bits per heavy atom. The van der Waals surface area contributed by atoms with E-state index in [0.29, 0.717) is 12.6 Å². The maximum absolute atomic E-state index is 6.23. The molecule has 0 amide bonds. The van der Waals surface area contributed by atoms with Gasteiger partial charge in [0.25, 0.3) is 0 Å². The molecule has 0 aliphatic carbocycles. The summed E-state index contributed by atoms with van der Waals surface area (Å²) in [5.74, 6) is 1.74. The van der Waals surface area contributed by atoms with Gasteiger partial charge >= 0.3 is 0 Å². The fourth-order valence-corrected chi connectivity index (χ4v) is 4.19. The first-order valence-electron chi connectivity index (χ1n) is 9.19. The summed E-state index contributed by atoms with van der Waals surface area (Å²) in [7, 11) is 0. The summed E-state index contributed by atoms with van der Waals surface area (Å²) in [5, 5.41) is 4.52. The lowest BCUT2D eigenvalue weighted by molar-refractivity contribution is 0.0718. The van der Waals surface area contributed by atoms with Crippen molar-refractivity contribution < 1.29 is 4.74 Å². The summed E-state index contributed by atoms with van der Waals surface area (Å²) in [6.45, 7) is 5.09. The normalized spacial score (nSPS) is 23.2. The summed E-state index contributed by atoms with van der Waals surface area (Å²) >= 11 is 6.23. The van der Waals surface area contributed by atoms with E-state index in [1.165, 1.54) is 38.0 Å². The van der Waals surface area contributed by atoms with Crippen LogP contribution in [0.15, 0.2) is 48.5 Å². The van der Waals surface area contributed by atoms with E-state index in [4.69, 9.17) is 16.3 Å². The molecule has 1 unspecified atom stereocenters. The molecule has 3 fully saturated rings. The molecule has 5 rings (SSSR count). The van der Waals surface area contributed by atoms with Crippen LogP contribution in [0, 0.1) is 5.92 Å². The maximum atomic E-state index is 6.23. The Labute approximate surface area is 179 Å². The van der Waals surface area contributed by atoms with Crippen LogP contribution < -0.4 is 10.1 Å². The number of nitrogens with one attached hydrogen (secondary N) is 1. The molecule has 2 bridgehead atoms. The fourth-order valence-electron chi connectivity index (χ4n) is 4.00. The van der Waals surface area contributed by atoms with Gasteiger partial charge in [-0.3, -0.25) is 0 Å². The minimum absolute atomic E-state index is 0. The minimum atomic E-state index is 0. The zero-order valence-corrected chi connectivity index (χ0v) is 17.7. The Hall–Kier alpha value is -0.970. The Kier molecular flexibility index (Phi) is 8.71. The monoisotopic (exact) mass is 428 g/mol. The van der Waals surface area contributed by atoms with Crippen molar-refractivity contribution in [2.24, 2.45) is 5.92 Å². The number of benzene rings is 2.